The standard InChI is InChI=1S/C17H19ClN2O3S/c1-13-2-7-17(16(18)12-13)24(21,22)19-14-3-5-15(6-4-14)20-8-10-23-11-9-20/h2-7,12,19H,8-11H2,1H3. The zero-order chi connectivity index (χ0) is 17.2. The van der Waals surface area contributed by atoms with Crippen LogP contribution < -0.4 is 9.62 Å². The van der Waals surface area contributed by atoms with E-state index in [0.717, 1.165) is 24.3 Å². The van der Waals surface area contributed by atoms with Crippen LogP contribution in [-0.4, -0.2) is 34.7 Å². The van der Waals surface area contributed by atoms with E-state index in [9.17, 15) is 8.42 Å². The second-order valence-corrected chi connectivity index (χ2v) is 7.74. The lowest BCUT2D eigenvalue weighted by Crippen LogP contribution is -2.36. The van der Waals surface area contributed by atoms with Crippen molar-refractivity contribution in [3.8, 4) is 0 Å². The summed E-state index contributed by atoms with van der Waals surface area (Å²) in [4.78, 5) is 2.28. The summed E-state index contributed by atoms with van der Waals surface area (Å²) in [6, 6.07) is 12.2. The third-order valence-corrected chi connectivity index (χ3v) is 5.74. The van der Waals surface area contributed by atoms with Gasteiger partial charge in [-0.3, -0.25) is 4.72 Å². The van der Waals surface area contributed by atoms with Crippen molar-refractivity contribution in [3.63, 3.8) is 0 Å². The monoisotopic (exact) mass is 366 g/mol. The van der Waals surface area contributed by atoms with Gasteiger partial charge in [0, 0.05) is 24.5 Å². The van der Waals surface area contributed by atoms with E-state index in [2.05, 4.69) is 9.62 Å². The normalized spacial score (nSPS) is 15.3. The van der Waals surface area contributed by atoms with Crippen LogP contribution in [0.25, 0.3) is 0 Å². The van der Waals surface area contributed by atoms with E-state index < -0.39 is 10.0 Å². The van der Waals surface area contributed by atoms with E-state index in [1.54, 1.807) is 24.3 Å². The van der Waals surface area contributed by atoms with Crippen molar-refractivity contribution < 1.29 is 13.2 Å². The lowest BCUT2D eigenvalue weighted by Gasteiger charge is -2.28. The van der Waals surface area contributed by atoms with Crippen molar-refractivity contribution in [1.82, 2.24) is 0 Å². The molecule has 0 aromatic heterocycles. The van der Waals surface area contributed by atoms with E-state index in [1.807, 2.05) is 19.1 Å². The zero-order valence-electron chi connectivity index (χ0n) is 13.3. The number of sulfonamides is 1. The number of nitrogens with zero attached hydrogens (tertiary/aromatic N) is 1. The number of hydrogen-bond acceptors (Lipinski definition) is 4. The minimum Gasteiger partial charge on any atom is -0.378 e. The fourth-order valence-electron chi connectivity index (χ4n) is 2.60. The van der Waals surface area contributed by atoms with Crippen LogP contribution in [0.4, 0.5) is 11.4 Å². The fourth-order valence-corrected chi connectivity index (χ4v) is 4.25. The molecule has 0 aliphatic carbocycles. The molecule has 3 rings (SSSR count). The molecule has 128 valence electrons. The van der Waals surface area contributed by atoms with Gasteiger partial charge >= 0.3 is 0 Å². The summed E-state index contributed by atoms with van der Waals surface area (Å²) in [5, 5.41) is 0.215. The number of nitrogens with one attached hydrogen (secondary N) is 1. The van der Waals surface area contributed by atoms with Gasteiger partial charge in [-0.1, -0.05) is 17.7 Å². The minimum atomic E-state index is -3.71. The number of aryl methyl sites for hydroxylation is 1. The van der Waals surface area contributed by atoms with E-state index in [-0.39, 0.29) is 9.92 Å². The zero-order valence-corrected chi connectivity index (χ0v) is 14.9. The maximum atomic E-state index is 12.5. The molecular weight excluding hydrogens is 348 g/mol. The van der Waals surface area contributed by atoms with Crippen molar-refractivity contribution in [2.45, 2.75) is 11.8 Å². The first-order valence-corrected chi connectivity index (χ1v) is 9.53. The van der Waals surface area contributed by atoms with Gasteiger partial charge in [-0.25, -0.2) is 8.42 Å². The molecule has 2 aromatic rings. The number of rotatable bonds is 4. The van der Waals surface area contributed by atoms with Crippen LogP contribution in [0, 0.1) is 6.92 Å². The maximum Gasteiger partial charge on any atom is 0.263 e. The second-order valence-electron chi connectivity index (χ2n) is 5.69. The van der Waals surface area contributed by atoms with Crippen molar-refractivity contribution in [2.75, 3.05) is 35.9 Å². The van der Waals surface area contributed by atoms with Gasteiger partial charge in [-0.05, 0) is 48.9 Å². The molecule has 5 nitrogen and oxygen atoms in total. The van der Waals surface area contributed by atoms with Crippen LogP contribution >= 0.6 is 11.6 Å². The number of benzene rings is 2. The van der Waals surface area contributed by atoms with Gasteiger partial charge in [0.2, 0.25) is 0 Å². The molecule has 0 amide bonds. The van der Waals surface area contributed by atoms with Gasteiger partial charge in [0.15, 0.2) is 0 Å². The third-order valence-electron chi connectivity index (χ3n) is 3.87. The SMILES string of the molecule is Cc1ccc(S(=O)(=O)Nc2ccc(N3CCOCC3)cc2)c(Cl)c1. The Morgan fingerprint density at radius 1 is 1.08 bits per heavy atom. The maximum absolute atomic E-state index is 12.5. The molecule has 1 aliphatic rings. The smallest absolute Gasteiger partial charge is 0.263 e. The number of anilines is 2. The molecule has 24 heavy (non-hydrogen) atoms. The van der Waals surface area contributed by atoms with Crippen LogP contribution in [0.5, 0.6) is 0 Å². The quantitative estimate of drug-likeness (QED) is 0.902. The number of halogens is 1. The van der Waals surface area contributed by atoms with Gasteiger partial charge in [0.25, 0.3) is 10.0 Å². The number of morpholine rings is 1. The average Bonchev–Trinajstić information content (AvgIpc) is 2.55. The van der Waals surface area contributed by atoms with Gasteiger partial charge in [-0.2, -0.15) is 0 Å². The topological polar surface area (TPSA) is 58.6 Å². The Kier molecular flexibility index (Phi) is 4.99. The van der Waals surface area contributed by atoms with Crippen molar-refractivity contribution in [3.05, 3.63) is 53.1 Å². The summed E-state index contributed by atoms with van der Waals surface area (Å²) in [5.74, 6) is 0. The Bertz CT molecular complexity index is 816. The largest absolute Gasteiger partial charge is 0.378 e. The van der Waals surface area contributed by atoms with Gasteiger partial charge in [0.1, 0.15) is 4.90 Å². The van der Waals surface area contributed by atoms with Gasteiger partial charge in [-0.15, -0.1) is 0 Å². The Balaban J connectivity index is 1.77. The van der Waals surface area contributed by atoms with Crippen molar-refractivity contribution >= 4 is 33.0 Å². The van der Waals surface area contributed by atoms with Crippen molar-refractivity contribution in [1.29, 1.82) is 0 Å². The van der Waals surface area contributed by atoms with Crippen LogP contribution in [0.15, 0.2) is 47.4 Å². The Labute approximate surface area is 147 Å². The fraction of sp³-hybridized carbons (Fsp3) is 0.294. The molecule has 0 spiro atoms. The van der Waals surface area contributed by atoms with Crippen molar-refractivity contribution in [2.24, 2.45) is 0 Å². The summed E-state index contributed by atoms with van der Waals surface area (Å²) in [7, 11) is -3.71. The predicted octanol–water partition coefficient (Wildman–Crippen LogP) is 3.29. The Hall–Kier alpha value is -1.76. The highest BCUT2D eigenvalue weighted by atomic mass is 35.5. The molecule has 1 N–H and O–H groups in total. The summed E-state index contributed by atoms with van der Waals surface area (Å²) < 4.78 is 32.9. The number of ether oxygens (including phenoxy) is 1. The molecular formula is C17H19ClN2O3S. The molecule has 7 heteroatoms. The first-order valence-electron chi connectivity index (χ1n) is 7.67. The van der Waals surface area contributed by atoms with Gasteiger partial charge in [0.05, 0.1) is 18.2 Å². The predicted molar refractivity (Wildman–Crippen MR) is 96.5 cm³/mol. The molecule has 0 atom stereocenters. The first kappa shape index (κ1) is 17.1. The highest BCUT2D eigenvalue weighted by molar-refractivity contribution is 7.92. The molecule has 0 saturated carbocycles. The second kappa shape index (κ2) is 7.01. The van der Waals surface area contributed by atoms with E-state index in [4.69, 9.17) is 16.3 Å². The summed E-state index contributed by atoms with van der Waals surface area (Å²) in [6.45, 7) is 4.95. The highest BCUT2D eigenvalue weighted by Crippen LogP contribution is 2.26. The Morgan fingerprint density at radius 2 is 1.75 bits per heavy atom. The number of hydrogen-bond donors (Lipinski definition) is 1. The summed E-state index contributed by atoms with van der Waals surface area (Å²) in [6.07, 6.45) is 0. The first-order chi connectivity index (χ1) is 11.5. The van der Waals surface area contributed by atoms with Crippen LogP contribution in [0.2, 0.25) is 5.02 Å². The van der Waals surface area contributed by atoms with E-state index >= 15 is 0 Å². The molecule has 2 aromatic carbocycles. The summed E-state index contributed by atoms with van der Waals surface area (Å²) >= 11 is 6.07. The van der Waals surface area contributed by atoms with Crippen LogP contribution in [0.1, 0.15) is 5.56 Å². The lowest BCUT2D eigenvalue weighted by molar-refractivity contribution is 0.122. The van der Waals surface area contributed by atoms with Crippen LogP contribution in [0.3, 0.4) is 0 Å². The highest BCUT2D eigenvalue weighted by Gasteiger charge is 2.18. The van der Waals surface area contributed by atoms with Crippen LogP contribution in [-0.2, 0) is 14.8 Å². The van der Waals surface area contributed by atoms with E-state index in [0.29, 0.717) is 18.9 Å². The molecule has 1 fully saturated rings. The van der Waals surface area contributed by atoms with Gasteiger partial charge < -0.3 is 9.64 Å². The summed E-state index contributed by atoms with van der Waals surface area (Å²) in [5.41, 5.74) is 2.46. The van der Waals surface area contributed by atoms with E-state index in [1.165, 1.54) is 6.07 Å². The molecule has 0 unspecified atom stereocenters. The average molecular weight is 367 g/mol. The molecule has 1 aliphatic heterocycles. The molecule has 1 saturated heterocycles. The minimum absolute atomic E-state index is 0.0759. The third kappa shape index (κ3) is 3.83. The molecule has 0 bridgehead atoms. The Morgan fingerprint density at radius 3 is 2.38 bits per heavy atom. The molecule has 0 radical (unpaired) electrons. The molecule has 1 heterocycles. The lowest BCUT2D eigenvalue weighted by atomic mass is 10.2.